The van der Waals surface area contributed by atoms with E-state index < -0.39 is 0 Å². The largest absolute Gasteiger partial charge is 0.456 e. The first-order valence-corrected chi connectivity index (χ1v) is 6.51. The lowest BCUT2D eigenvalue weighted by molar-refractivity contribution is -0.154. The number of hydrogen-bond donors (Lipinski definition) is 0. The fraction of sp³-hybridized carbons (Fsp3) is 0.786. The first kappa shape index (κ1) is 11.7. The molecular formula is C14H22O2. The van der Waals surface area contributed by atoms with Crippen LogP contribution in [0.4, 0.5) is 0 Å². The summed E-state index contributed by atoms with van der Waals surface area (Å²) in [6, 6.07) is 0. The van der Waals surface area contributed by atoms with Crippen LogP contribution in [0.2, 0.25) is 0 Å². The van der Waals surface area contributed by atoms with Crippen LogP contribution in [0.5, 0.6) is 0 Å². The van der Waals surface area contributed by atoms with Crippen LogP contribution in [0.15, 0.2) is 12.7 Å². The Morgan fingerprint density at radius 1 is 1.38 bits per heavy atom. The molecule has 0 aromatic heterocycles. The molecule has 0 saturated heterocycles. The molecule has 16 heavy (non-hydrogen) atoms. The molecule has 3 atom stereocenters. The van der Waals surface area contributed by atoms with Crippen molar-refractivity contribution in [2.75, 3.05) is 0 Å². The Bertz CT molecular complexity index is 284. The summed E-state index contributed by atoms with van der Waals surface area (Å²) in [5.74, 6) is 1.22. The van der Waals surface area contributed by atoms with Gasteiger partial charge in [-0.05, 0) is 37.5 Å². The highest BCUT2D eigenvalue weighted by Gasteiger charge is 2.46. The van der Waals surface area contributed by atoms with E-state index in [9.17, 15) is 4.79 Å². The quantitative estimate of drug-likeness (QED) is 0.528. The smallest absolute Gasteiger partial charge is 0.330 e. The minimum Gasteiger partial charge on any atom is -0.456 e. The van der Waals surface area contributed by atoms with Gasteiger partial charge in [0.1, 0.15) is 5.60 Å². The number of carbonyl (C=O) groups is 1. The summed E-state index contributed by atoms with van der Waals surface area (Å²) >= 11 is 0. The van der Waals surface area contributed by atoms with Crippen LogP contribution in [0, 0.1) is 11.8 Å². The number of rotatable bonds is 2. The second-order valence-corrected chi connectivity index (χ2v) is 5.55. The third kappa shape index (κ3) is 2.31. The van der Waals surface area contributed by atoms with Crippen molar-refractivity contribution in [3.8, 4) is 0 Å². The van der Waals surface area contributed by atoms with E-state index in [1.807, 2.05) is 0 Å². The van der Waals surface area contributed by atoms with Crippen LogP contribution in [0.1, 0.15) is 51.9 Å². The average molecular weight is 222 g/mol. The Morgan fingerprint density at radius 3 is 2.94 bits per heavy atom. The van der Waals surface area contributed by atoms with Crippen molar-refractivity contribution in [3.05, 3.63) is 12.7 Å². The maximum absolute atomic E-state index is 11.4. The van der Waals surface area contributed by atoms with Gasteiger partial charge in [0.15, 0.2) is 0 Å². The summed E-state index contributed by atoms with van der Waals surface area (Å²) in [5, 5.41) is 0. The normalized spacial score (nSPS) is 38.6. The van der Waals surface area contributed by atoms with Gasteiger partial charge in [-0.15, -0.1) is 0 Å². The summed E-state index contributed by atoms with van der Waals surface area (Å²) < 4.78 is 5.67. The van der Waals surface area contributed by atoms with Gasteiger partial charge >= 0.3 is 5.97 Å². The SMILES string of the molecule is C=CC(=O)OC12CCCCCC(C1)C(C)C2. The lowest BCUT2D eigenvalue weighted by Crippen LogP contribution is -2.32. The summed E-state index contributed by atoms with van der Waals surface area (Å²) in [5.41, 5.74) is -0.157. The van der Waals surface area contributed by atoms with E-state index in [0.29, 0.717) is 5.92 Å². The topological polar surface area (TPSA) is 26.3 Å². The van der Waals surface area contributed by atoms with E-state index >= 15 is 0 Å². The van der Waals surface area contributed by atoms with Gasteiger partial charge in [-0.3, -0.25) is 0 Å². The van der Waals surface area contributed by atoms with Gasteiger partial charge in [0.2, 0.25) is 0 Å². The highest BCUT2D eigenvalue weighted by molar-refractivity contribution is 5.81. The van der Waals surface area contributed by atoms with Crippen molar-refractivity contribution in [1.82, 2.24) is 0 Å². The van der Waals surface area contributed by atoms with E-state index in [4.69, 9.17) is 4.74 Å². The third-order valence-corrected chi connectivity index (χ3v) is 4.32. The molecule has 0 N–H and O–H groups in total. The van der Waals surface area contributed by atoms with Crippen molar-refractivity contribution < 1.29 is 9.53 Å². The van der Waals surface area contributed by atoms with Crippen LogP contribution >= 0.6 is 0 Å². The number of hydrogen-bond acceptors (Lipinski definition) is 2. The Morgan fingerprint density at radius 2 is 2.19 bits per heavy atom. The molecule has 3 unspecified atom stereocenters. The highest BCUT2D eigenvalue weighted by atomic mass is 16.6. The van der Waals surface area contributed by atoms with Crippen molar-refractivity contribution in [2.24, 2.45) is 11.8 Å². The molecule has 2 bridgehead atoms. The maximum atomic E-state index is 11.4. The van der Waals surface area contributed by atoms with Gasteiger partial charge in [0, 0.05) is 6.08 Å². The number of esters is 1. The zero-order valence-electron chi connectivity index (χ0n) is 10.2. The molecule has 2 heteroatoms. The van der Waals surface area contributed by atoms with E-state index in [0.717, 1.165) is 25.2 Å². The molecule has 2 nitrogen and oxygen atoms in total. The molecular weight excluding hydrogens is 200 g/mol. The van der Waals surface area contributed by atoms with E-state index in [2.05, 4.69) is 13.5 Å². The fourth-order valence-electron chi connectivity index (χ4n) is 3.53. The van der Waals surface area contributed by atoms with Gasteiger partial charge in [-0.25, -0.2) is 4.79 Å². The molecule has 2 rings (SSSR count). The Hall–Kier alpha value is -0.790. The van der Waals surface area contributed by atoms with Gasteiger partial charge in [-0.1, -0.05) is 32.8 Å². The fourth-order valence-corrected chi connectivity index (χ4v) is 3.53. The molecule has 2 fully saturated rings. The molecule has 0 aromatic rings. The number of carbonyl (C=O) groups excluding carboxylic acids is 1. The van der Waals surface area contributed by atoms with Crippen LogP contribution in [-0.2, 0) is 9.53 Å². The molecule has 0 aromatic carbocycles. The zero-order chi connectivity index (χ0) is 11.6. The first-order chi connectivity index (χ1) is 7.65. The average Bonchev–Trinajstić information content (AvgIpc) is 2.54. The molecule has 0 heterocycles. The molecule has 0 aliphatic heterocycles. The van der Waals surface area contributed by atoms with Crippen molar-refractivity contribution in [3.63, 3.8) is 0 Å². The number of fused-ring (bicyclic) bond motifs is 2. The van der Waals surface area contributed by atoms with Crippen LogP contribution in [0.25, 0.3) is 0 Å². The summed E-state index contributed by atoms with van der Waals surface area (Å²) in [4.78, 5) is 11.4. The summed E-state index contributed by atoms with van der Waals surface area (Å²) in [6.45, 7) is 5.80. The Labute approximate surface area is 98.1 Å². The molecule has 0 spiro atoms. The van der Waals surface area contributed by atoms with E-state index in [1.54, 1.807) is 0 Å². The minimum atomic E-state index is -0.242. The second-order valence-electron chi connectivity index (χ2n) is 5.55. The minimum absolute atomic E-state index is 0.157. The molecule has 2 aliphatic rings. The molecule has 0 amide bonds. The molecule has 0 radical (unpaired) electrons. The van der Waals surface area contributed by atoms with Crippen molar-refractivity contribution in [2.45, 2.75) is 57.5 Å². The Kier molecular flexibility index (Phi) is 3.36. The third-order valence-electron chi connectivity index (χ3n) is 4.32. The predicted octanol–water partition coefficient (Wildman–Crippen LogP) is 3.46. The molecule has 2 aliphatic carbocycles. The highest BCUT2D eigenvalue weighted by Crippen LogP contribution is 2.48. The van der Waals surface area contributed by atoms with Crippen LogP contribution in [0.3, 0.4) is 0 Å². The molecule has 90 valence electrons. The van der Waals surface area contributed by atoms with Gasteiger partial charge in [0.25, 0.3) is 0 Å². The summed E-state index contributed by atoms with van der Waals surface area (Å²) in [7, 11) is 0. The van der Waals surface area contributed by atoms with E-state index in [1.165, 1.54) is 31.8 Å². The Balaban J connectivity index is 2.10. The maximum Gasteiger partial charge on any atom is 0.330 e. The monoisotopic (exact) mass is 222 g/mol. The van der Waals surface area contributed by atoms with Gasteiger partial charge in [0.05, 0.1) is 0 Å². The van der Waals surface area contributed by atoms with Gasteiger partial charge in [-0.2, -0.15) is 0 Å². The van der Waals surface area contributed by atoms with Crippen LogP contribution < -0.4 is 0 Å². The van der Waals surface area contributed by atoms with Crippen LogP contribution in [-0.4, -0.2) is 11.6 Å². The lowest BCUT2D eigenvalue weighted by Gasteiger charge is -2.30. The van der Waals surface area contributed by atoms with Crippen molar-refractivity contribution in [1.29, 1.82) is 0 Å². The zero-order valence-corrected chi connectivity index (χ0v) is 10.2. The van der Waals surface area contributed by atoms with Gasteiger partial charge < -0.3 is 4.74 Å². The second kappa shape index (κ2) is 4.60. The number of ether oxygens (including phenoxy) is 1. The standard InChI is InChI=1S/C14H22O2/c1-3-13(15)16-14-8-6-4-5-7-12(10-14)11(2)9-14/h3,11-12H,1,4-10H2,2H3. The summed E-state index contributed by atoms with van der Waals surface area (Å²) in [6.07, 6.45) is 9.62. The van der Waals surface area contributed by atoms with Crippen molar-refractivity contribution >= 4 is 5.97 Å². The van der Waals surface area contributed by atoms with E-state index in [-0.39, 0.29) is 11.6 Å². The lowest BCUT2D eigenvalue weighted by atomic mass is 9.87. The first-order valence-electron chi connectivity index (χ1n) is 6.51. The predicted molar refractivity (Wildman–Crippen MR) is 64.0 cm³/mol. The molecule has 2 saturated carbocycles.